The van der Waals surface area contributed by atoms with Crippen LogP contribution in [-0.2, 0) is 20.9 Å². The Bertz CT molecular complexity index is 576. The molecular formula is C14H17FN2O5. The highest BCUT2D eigenvalue weighted by molar-refractivity contribution is 5.89. The Labute approximate surface area is 126 Å². The smallest absolute Gasteiger partial charge is 0.335 e. The molecule has 1 atom stereocenters. The predicted molar refractivity (Wildman–Crippen MR) is 74.7 cm³/mol. The van der Waals surface area contributed by atoms with E-state index >= 15 is 0 Å². The number of ketones is 1. The van der Waals surface area contributed by atoms with E-state index in [-0.39, 0.29) is 30.6 Å². The molecule has 0 saturated carbocycles. The lowest BCUT2D eigenvalue weighted by Crippen LogP contribution is -2.39. The van der Waals surface area contributed by atoms with E-state index in [1.807, 2.05) is 0 Å². The number of carbonyl (C=O) groups is 3. The first-order valence-electron chi connectivity index (χ1n) is 6.42. The molecule has 0 amide bonds. The van der Waals surface area contributed by atoms with Crippen LogP contribution in [-0.4, -0.2) is 42.5 Å². The molecule has 0 spiro atoms. The third-order valence-electron chi connectivity index (χ3n) is 2.94. The minimum Gasteiger partial charge on any atom is -0.478 e. The lowest BCUT2D eigenvalue weighted by atomic mass is 10.1. The van der Waals surface area contributed by atoms with Crippen molar-refractivity contribution in [3.63, 3.8) is 0 Å². The van der Waals surface area contributed by atoms with Crippen molar-refractivity contribution < 1.29 is 28.6 Å². The van der Waals surface area contributed by atoms with E-state index in [2.05, 4.69) is 10.1 Å². The van der Waals surface area contributed by atoms with E-state index in [1.165, 1.54) is 13.2 Å². The van der Waals surface area contributed by atoms with Crippen LogP contribution in [0.25, 0.3) is 0 Å². The Morgan fingerprint density at radius 3 is 2.68 bits per heavy atom. The van der Waals surface area contributed by atoms with Crippen LogP contribution >= 0.6 is 0 Å². The van der Waals surface area contributed by atoms with Gasteiger partial charge in [0.25, 0.3) is 0 Å². The van der Waals surface area contributed by atoms with Crippen molar-refractivity contribution in [3.8, 4) is 0 Å². The zero-order chi connectivity index (χ0) is 16.7. The van der Waals surface area contributed by atoms with Crippen molar-refractivity contribution in [3.05, 3.63) is 35.1 Å². The molecule has 0 radical (unpaired) electrons. The Balaban J connectivity index is 2.53. The number of nitrogens with two attached hydrogens (primary N) is 1. The minimum absolute atomic E-state index is 0.0381. The molecule has 0 heterocycles. The maximum Gasteiger partial charge on any atom is 0.335 e. The summed E-state index contributed by atoms with van der Waals surface area (Å²) in [6, 6.07) is 2.38. The zero-order valence-electron chi connectivity index (χ0n) is 12.0. The monoisotopic (exact) mass is 312 g/mol. The zero-order valence-corrected chi connectivity index (χ0v) is 12.0. The summed E-state index contributed by atoms with van der Waals surface area (Å²) in [7, 11) is 1.19. The van der Waals surface area contributed by atoms with Crippen molar-refractivity contribution in [2.75, 3.05) is 13.7 Å². The van der Waals surface area contributed by atoms with Gasteiger partial charge in [-0.2, -0.15) is 0 Å². The fraction of sp³-hybridized carbons (Fsp3) is 0.357. The molecule has 4 N–H and O–H groups in total. The maximum atomic E-state index is 13.5. The molecule has 0 saturated heterocycles. The topological polar surface area (TPSA) is 119 Å². The van der Waals surface area contributed by atoms with E-state index in [0.29, 0.717) is 0 Å². The van der Waals surface area contributed by atoms with Crippen molar-refractivity contribution in [1.29, 1.82) is 0 Å². The Morgan fingerprint density at radius 2 is 2.09 bits per heavy atom. The van der Waals surface area contributed by atoms with Crippen LogP contribution in [0.15, 0.2) is 18.2 Å². The molecule has 1 aromatic carbocycles. The predicted octanol–water partition coefficient (Wildman–Crippen LogP) is 0.0730. The number of Topliss-reactive ketones (excluding diaryl/α,β-unsaturated/α-hetero) is 1. The van der Waals surface area contributed by atoms with Crippen LogP contribution < -0.4 is 11.1 Å². The molecule has 0 aliphatic heterocycles. The quantitative estimate of drug-likeness (QED) is 0.581. The molecule has 0 aromatic heterocycles. The van der Waals surface area contributed by atoms with E-state index in [1.54, 1.807) is 0 Å². The number of benzene rings is 1. The molecule has 22 heavy (non-hydrogen) atoms. The SMILES string of the molecule is COC(=O)C[C@H](N)C(=O)CNCc1cc(C(=O)O)ccc1F. The summed E-state index contributed by atoms with van der Waals surface area (Å²) in [4.78, 5) is 33.5. The molecule has 0 aliphatic carbocycles. The van der Waals surface area contributed by atoms with Crippen LogP contribution in [0.1, 0.15) is 22.3 Å². The summed E-state index contributed by atoms with van der Waals surface area (Å²) >= 11 is 0. The first-order chi connectivity index (χ1) is 10.3. The van der Waals surface area contributed by atoms with Crippen LogP contribution in [0.3, 0.4) is 0 Å². The molecule has 1 aromatic rings. The van der Waals surface area contributed by atoms with Crippen LogP contribution in [0.2, 0.25) is 0 Å². The Morgan fingerprint density at radius 1 is 1.41 bits per heavy atom. The highest BCUT2D eigenvalue weighted by atomic mass is 19.1. The number of nitrogens with one attached hydrogen (secondary N) is 1. The minimum atomic E-state index is -1.17. The molecule has 0 fully saturated rings. The standard InChI is InChI=1S/C14H17FN2O5/c1-22-13(19)5-11(16)12(18)7-17-6-9-4-8(14(20)21)2-3-10(9)15/h2-4,11,17H,5-7,16H2,1H3,(H,20,21)/t11-/m0/s1. The van der Waals surface area contributed by atoms with Crippen LogP contribution in [0, 0.1) is 5.82 Å². The van der Waals surface area contributed by atoms with Gasteiger partial charge in [-0.3, -0.25) is 9.59 Å². The van der Waals surface area contributed by atoms with Gasteiger partial charge in [0, 0.05) is 12.1 Å². The highest BCUT2D eigenvalue weighted by Crippen LogP contribution is 2.10. The van der Waals surface area contributed by atoms with Gasteiger partial charge in [-0.1, -0.05) is 0 Å². The van der Waals surface area contributed by atoms with Crippen molar-refractivity contribution in [2.24, 2.45) is 5.73 Å². The molecule has 1 rings (SSSR count). The van der Waals surface area contributed by atoms with Gasteiger partial charge >= 0.3 is 11.9 Å². The van der Waals surface area contributed by atoms with E-state index < -0.39 is 29.6 Å². The lowest BCUT2D eigenvalue weighted by Gasteiger charge is -2.10. The van der Waals surface area contributed by atoms with Crippen LogP contribution in [0.5, 0.6) is 0 Å². The van der Waals surface area contributed by atoms with E-state index in [4.69, 9.17) is 10.8 Å². The number of aromatic carboxylic acids is 1. The Kier molecular flexibility index (Phi) is 6.61. The molecule has 0 aliphatic rings. The number of carboxylic acid groups (broad SMARTS) is 1. The van der Waals surface area contributed by atoms with Gasteiger partial charge < -0.3 is 20.9 Å². The second-order valence-corrected chi connectivity index (χ2v) is 4.57. The maximum absolute atomic E-state index is 13.5. The largest absolute Gasteiger partial charge is 0.478 e. The first-order valence-corrected chi connectivity index (χ1v) is 6.42. The number of hydrogen-bond donors (Lipinski definition) is 3. The van der Waals surface area contributed by atoms with Gasteiger partial charge in [-0.05, 0) is 18.2 Å². The average Bonchev–Trinajstić information content (AvgIpc) is 2.48. The van der Waals surface area contributed by atoms with E-state index in [9.17, 15) is 18.8 Å². The molecule has 0 bridgehead atoms. The number of hydrogen-bond acceptors (Lipinski definition) is 6. The molecule has 8 heteroatoms. The summed E-state index contributed by atoms with van der Waals surface area (Å²) in [6.07, 6.45) is -0.236. The molecule has 0 unspecified atom stereocenters. The number of ether oxygens (including phenoxy) is 1. The third kappa shape index (κ3) is 5.23. The summed E-state index contributed by atoms with van der Waals surface area (Å²) in [6.45, 7) is -0.210. The number of methoxy groups -OCH3 is 1. The number of carbonyl (C=O) groups excluding carboxylic acids is 2. The van der Waals surface area contributed by atoms with Gasteiger partial charge in [0.15, 0.2) is 5.78 Å². The normalized spacial score (nSPS) is 11.8. The number of esters is 1. The Hall–Kier alpha value is -2.32. The molecule has 7 nitrogen and oxygen atoms in total. The van der Waals surface area contributed by atoms with Gasteiger partial charge in [-0.15, -0.1) is 0 Å². The summed E-state index contributed by atoms with van der Waals surface area (Å²) in [5.74, 6) is -2.78. The lowest BCUT2D eigenvalue weighted by molar-refractivity contribution is -0.142. The first kappa shape index (κ1) is 17.7. The second kappa shape index (κ2) is 8.20. The number of halogens is 1. The summed E-state index contributed by atoms with van der Waals surface area (Å²) < 4.78 is 17.9. The van der Waals surface area contributed by atoms with Gasteiger partial charge in [0.1, 0.15) is 5.82 Å². The highest BCUT2D eigenvalue weighted by Gasteiger charge is 2.17. The number of rotatable bonds is 8. The summed E-state index contributed by atoms with van der Waals surface area (Å²) in [5, 5.41) is 11.5. The summed E-state index contributed by atoms with van der Waals surface area (Å²) in [5.41, 5.74) is 5.60. The van der Waals surface area contributed by atoms with Gasteiger partial charge in [0.2, 0.25) is 0 Å². The van der Waals surface area contributed by atoms with Crippen LogP contribution in [0.4, 0.5) is 4.39 Å². The van der Waals surface area contributed by atoms with Crippen molar-refractivity contribution in [1.82, 2.24) is 5.32 Å². The third-order valence-corrected chi connectivity index (χ3v) is 2.94. The van der Waals surface area contributed by atoms with Crippen molar-refractivity contribution in [2.45, 2.75) is 19.0 Å². The number of carboxylic acids is 1. The molecule has 120 valence electrons. The fourth-order valence-corrected chi connectivity index (χ4v) is 1.67. The van der Waals surface area contributed by atoms with Gasteiger partial charge in [0.05, 0.1) is 31.7 Å². The second-order valence-electron chi connectivity index (χ2n) is 4.57. The average molecular weight is 312 g/mol. The fourth-order valence-electron chi connectivity index (χ4n) is 1.67. The van der Waals surface area contributed by atoms with Crippen molar-refractivity contribution >= 4 is 17.7 Å². The van der Waals surface area contributed by atoms with E-state index in [0.717, 1.165) is 12.1 Å². The molecular weight excluding hydrogens is 295 g/mol. The van der Waals surface area contributed by atoms with Gasteiger partial charge in [-0.25, -0.2) is 9.18 Å².